The highest BCUT2D eigenvalue weighted by Crippen LogP contribution is 2.43. The number of alkyl halides is 14. The second-order valence-electron chi connectivity index (χ2n) is 26.0. The van der Waals surface area contributed by atoms with Crippen molar-refractivity contribution in [2.75, 3.05) is 31.4 Å². The Labute approximate surface area is 630 Å². The van der Waals surface area contributed by atoms with Gasteiger partial charge in [-0.15, -0.1) is 23.2 Å². The summed E-state index contributed by atoms with van der Waals surface area (Å²) in [6.45, 7) is 30.4. The number of guanidine groups is 1. The summed E-state index contributed by atoms with van der Waals surface area (Å²) >= 11 is 10.1. The zero-order valence-electron chi connectivity index (χ0n) is 61.9. The van der Waals surface area contributed by atoms with Crippen molar-refractivity contribution in [3.63, 3.8) is 0 Å². The Balaban J connectivity index is 0.000000282. The number of nitriles is 2. The molecule has 0 saturated heterocycles. The van der Waals surface area contributed by atoms with Crippen molar-refractivity contribution in [3.8, 4) is 46.1 Å². The van der Waals surface area contributed by atoms with Crippen LogP contribution in [0.5, 0.6) is 11.5 Å². The van der Waals surface area contributed by atoms with E-state index in [9.17, 15) is 57.9 Å². The summed E-state index contributed by atoms with van der Waals surface area (Å²) in [5, 5.41) is 23.7. The van der Waals surface area contributed by atoms with Gasteiger partial charge in [0.1, 0.15) is 11.5 Å². The van der Waals surface area contributed by atoms with Crippen molar-refractivity contribution in [2.24, 2.45) is 15.7 Å². The standard InChI is InChI=1S/C31H30F6N4.C29H32F6N2.C14H10N2O2.C6H15N.C2H4Cl2/c1-17(2)21-8-7-19(4)27(13-21)26-9-6-18(3)10-23(26)15-41-20(5)28(40-29(41)39-16-38)22-11-24(30(32,33)34)14-25(12-22)31(35,36)37;1-16(2)20-8-7-18(4)26(13-20)25-9-6-17(3)10-22(25)15-37-19(5)27(36)21-11-23(28(30,31)32)14-24(12-21)29(33,34)35;15-11-16-14(17-12-7-3-1-4-8-12)18-13-9-5-2-6-10-13;1-4-7(5-2)6-3;3-1-2-4/h6-14,17,20,28H,15H2,1-5H3,(H,39,40);6-14,16,19,27,37H,15,36H2,1-5H3;1-10H;4-6H2,1-3H3;1-2H2/t20-,28-;19-,27?;;;/m00.../s1. The van der Waals surface area contributed by atoms with Crippen LogP contribution in [0, 0.1) is 50.6 Å². The molecule has 4 atom stereocenters. The van der Waals surface area contributed by atoms with Crippen LogP contribution in [-0.2, 0) is 37.8 Å². The van der Waals surface area contributed by atoms with E-state index in [1.165, 1.54) is 25.2 Å². The van der Waals surface area contributed by atoms with E-state index < -0.39 is 71.1 Å². The average molecular weight is 1530 g/mol. The minimum Gasteiger partial charge on any atom is -0.410 e. The van der Waals surface area contributed by atoms with Crippen molar-refractivity contribution in [1.29, 1.82) is 10.5 Å². The molecule has 107 heavy (non-hydrogen) atoms. The fourth-order valence-electron chi connectivity index (χ4n) is 11.4. The van der Waals surface area contributed by atoms with E-state index in [-0.39, 0.29) is 41.8 Å². The number of rotatable bonds is 18. The highest BCUT2D eigenvalue weighted by Gasteiger charge is 2.42. The quantitative estimate of drug-likeness (QED) is 0.0191. The van der Waals surface area contributed by atoms with Crippen LogP contribution in [-0.4, -0.2) is 65.3 Å². The maximum atomic E-state index is 13.6. The van der Waals surface area contributed by atoms with Crippen LogP contribution in [0.15, 0.2) is 180 Å². The molecule has 574 valence electrons. The number of para-hydroxylation sites is 2. The number of aliphatic imine (C=N–C) groups is 2. The van der Waals surface area contributed by atoms with Gasteiger partial charge in [0, 0.05) is 36.9 Å². The molecule has 8 aromatic carbocycles. The Kier molecular flexibility index (Phi) is 33.7. The van der Waals surface area contributed by atoms with E-state index in [0.29, 0.717) is 65.9 Å². The minimum atomic E-state index is -4.98. The molecular formula is C82H91Cl2F12N9O2. The molecule has 0 spiro atoms. The summed E-state index contributed by atoms with van der Waals surface area (Å²) in [5.74, 6) is 2.96. The molecule has 0 aliphatic carbocycles. The van der Waals surface area contributed by atoms with Crippen molar-refractivity contribution >= 4 is 35.2 Å². The van der Waals surface area contributed by atoms with Crippen LogP contribution in [0.25, 0.3) is 22.3 Å². The van der Waals surface area contributed by atoms with Crippen LogP contribution >= 0.6 is 23.2 Å². The largest absolute Gasteiger partial charge is 0.416 e. The van der Waals surface area contributed by atoms with E-state index in [1.54, 1.807) is 55.4 Å². The van der Waals surface area contributed by atoms with Gasteiger partial charge in [-0.25, -0.2) is 4.99 Å². The molecule has 1 heterocycles. The van der Waals surface area contributed by atoms with Gasteiger partial charge < -0.3 is 30.3 Å². The molecule has 8 aromatic rings. The lowest BCUT2D eigenvalue weighted by atomic mass is 9.90. The van der Waals surface area contributed by atoms with Gasteiger partial charge in [0.15, 0.2) is 6.19 Å². The maximum absolute atomic E-state index is 13.6. The van der Waals surface area contributed by atoms with Gasteiger partial charge in [-0.05, 0) is 200 Å². The third-order valence-corrected chi connectivity index (χ3v) is 18.1. The molecule has 1 unspecified atom stereocenters. The Bertz CT molecular complexity index is 4190. The predicted molar refractivity (Wildman–Crippen MR) is 403 cm³/mol. The van der Waals surface area contributed by atoms with Crippen molar-refractivity contribution in [2.45, 2.75) is 164 Å². The molecule has 0 saturated carbocycles. The smallest absolute Gasteiger partial charge is 0.410 e. The number of hydrogen-bond acceptors (Lipinski definition) is 11. The van der Waals surface area contributed by atoms with Crippen LogP contribution in [0.1, 0.15) is 164 Å². The molecule has 1 aliphatic rings. The minimum absolute atomic E-state index is 0.0797. The molecule has 0 fully saturated rings. The fraction of sp³-hybridized carbons (Fsp3) is 0.366. The molecule has 11 nitrogen and oxygen atoms in total. The summed E-state index contributed by atoms with van der Waals surface area (Å²) in [5.41, 5.74) is 12.6. The van der Waals surface area contributed by atoms with Crippen LogP contribution in [0.2, 0.25) is 0 Å². The van der Waals surface area contributed by atoms with Crippen molar-refractivity contribution in [1.82, 2.24) is 20.4 Å². The molecule has 4 N–H and O–H groups in total. The number of nitrogens with one attached hydrogen (secondary N) is 2. The molecular weight excluding hydrogens is 1440 g/mol. The first-order valence-corrected chi connectivity index (χ1v) is 35.6. The third kappa shape index (κ3) is 26.7. The monoisotopic (exact) mass is 1530 g/mol. The summed E-state index contributed by atoms with van der Waals surface area (Å²) in [6.07, 6.45) is -16.5. The SMILES string of the molecule is CCN(CC)CC.Cc1ccc(-c2cc(C(C)C)ccc2C)c(CN2C(NC#N)=N[C@H](c3cc(C(F)(F)F)cc(C(F)(F)F)c3)[C@@H]2C)c1.Cc1ccc(-c2cc(C(C)C)ccc2C)c(CN[C@@H](C)C(N)c2cc(C(F)(F)F)cc(C(F)(F)F)c2)c1.ClCCCl.N#CN=C(Oc1ccccc1)Oc1ccccc1. The number of nitrogens with zero attached hydrogens (tertiary/aromatic N) is 6. The molecule has 0 amide bonds. The first-order chi connectivity index (χ1) is 50.3. The van der Waals surface area contributed by atoms with Gasteiger partial charge in [0.05, 0.1) is 34.3 Å². The van der Waals surface area contributed by atoms with E-state index in [0.717, 1.165) is 61.2 Å². The van der Waals surface area contributed by atoms with Crippen LogP contribution < -0.4 is 25.8 Å². The maximum Gasteiger partial charge on any atom is 0.416 e. The van der Waals surface area contributed by atoms with Gasteiger partial charge in [-0.2, -0.15) is 63.2 Å². The lowest BCUT2D eigenvalue weighted by Gasteiger charge is -2.29. The Morgan fingerprint density at radius 1 is 0.551 bits per heavy atom. The van der Waals surface area contributed by atoms with Gasteiger partial charge in [0.2, 0.25) is 12.2 Å². The summed E-state index contributed by atoms with van der Waals surface area (Å²) in [4.78, 5) is 12.0. The Morgan fingerprint density at radius 3 is 1.34 bits per heavy atom. The first kappa shape index (κ1) is 88.5. The second kappa shape index (κ2) is 40.7. The number of benzene rings is 8. The zero-order chi connectivity index (χ0) is 79.7. The zero-order valence-corrected chi connectivity index (χ0v) is 63.5. The topological polar surface area (TPSA) is 147 Å². The number of halogens is 14. The van der Waals surface area contributed by atoms with E-state index >= 15 is 0 Å². The lowest BCUT2D eigenvalue weighted by molar-refractivity contribution is -0.144. The third-order valence-electron chi connectivity index (χ3n) is 17.5. The number of ether oxygens (including phenoxy) is 2. The van der Waals surface area contributed by atoms with Crippen LogP contribution in [0.4, 0.5) is 52.7 Å². The second-order valence-corrected chi connectivity index (χ2v) is 26.7. The summed E-state index contributed by atoms with van der Waals surface area (Å²) < 4.78 is 172. The Hall–Kier alpha value is -9.10. The Morgan fingerprint density at radius 2 is 0.963 bits per heavy atom. The van der Waals surface area contributed by atoms with E-state index in [2.05, 4.69) is 110 Å². The summed E-state index contributed by atoms with van der Waals surface area (Å²) in [7, 11) is 0. The lowest BCUT2D eigenvalue weighted by Crippen LogP contribution is -2.40. The molecule has 0 radical (unpaired) electrons. The highest BCUT2D eigenvalue weighted by molar-refractivity contribution is 6.25. The van der Waals surface area contributed by atoms with Gasteiger partial charge in [-0.1, -0.05) is 174 Å². The van der Waals surface area contributed by atoms with Crippen molar-refractivity contribution < 1.29 is 62.2 Å². The van der Waals surface area contributed by atoms with Gasteiger partial charge in [0.25, 0.3) is 0 Å². The molecule has 9 rings (SSSR count). The average Bonchev–Trinajstić information content (AvgIpc) is 1.64. The number of hydrogen-bond donors (Lipinski definition) is 3. The normalized spacial score (nSPS) is 14.1. The van der Waals surface area contributed by atoms with Crippen LogP contribution in [0.3, 0.4) is 0 Å². The fourth-order valence-corrected chi connectivity index (χ4v) is 11.4. The highest BCUT2D eigenvalue weighted by atomic mass is 35.5. The molecule has 1 aliphatic heterocycles. The van der Waals surface area contributed by atoms with E-state index in [4.69, 9.17) is 43.7 Å². The number of nitrogens with two attached hydrogens (primary N) is 1. The predicted octanol–water partition coefficient (Wildman–Crippen LogP) is 22.6. The summed E-state index contributed by atoms with van der Waals surface area (Å²) in [6, 6.07) is 42.2. The molecule has 0 bridgehead atoms. The van der Waals surface area contributed by atoms with E-state index in [1.807, 2.05) is 100 Å². The van der Waals surface area contributed by atoms with Crippen molar-refractivity contribution in [3.05, 3.63) is 248 Å². The molecule has 0 aromatic heterocycles. The first-order valence-electron chi connectivity index (χ1n) is 34.6. The van der Waals surface area contributed by atoms with Gasteiger partial charge in [-0.3, -0.25) is 5.32 Å². The molecule has 25 heteroatoms. The number of aryl methyl sites for hydroxylation is 4. The van der Waals surface area contributed by atoms with Gasteiger partial charge >= 0.3 is 30.8 Å².